The smallest absolute Gasteiger partial charge is 0.410 e. The van der Waals surface area contributed by atoms with Crippen molar-refractivity contribution in [3.05, 3.63) is 54.1 Å². The van der Waals surface area contributed by atoms with Gasteiger partial charge in [0.1, 0.15) is 5.75 Å². The van der Waals surface area contributed by atoms with Crippen LogP contribution in [-0.4, -0.2) is 31.3 Å². The van der Waals surface area contributed by atoms with Crippen LogP contribution < -0.4 is 15.0 Å². The lowest BCUT2D eigenvalue weighted by atomic mass is 10.2. The summed E-state index contributed by atoms with van der Waals surface area (Å²) in [7, 11) is 1.60. The summed E-state index contributed by atoms with van der Waals surface area (Å²) in [6.07, 6.45) is 0.295. The van der Waals surface area contributed by atoms with Gasteiger partial charge in [-0.25, -0.2) is 4.79 Å². The molecule has 1 N–H and O–H groups in total. The number of nitrogens with zero attached hydrogens (tertiary/aromatic N) is 1. The first-order valence-corrected chi connectivity index (χ1v) is 8.89. The normalized spacial score (nSPS) is 10.3. The van der Waals surface area contributed by atoms with Crippen LogP contribution in [0, 0.1) is 6.92 Å². The molecule has 2 aromatic carbocycles. The number of amides is 1. The molecule has 5 nitrogen and oxygen atoms in total. The minimum absolute atomic E-state index is 0.401. The quantitative estimate of drug-likeness (QED) is 0.708. The van der Waals surface area contributed by atoms with E-state index in [1.54, 1.807) is 24.1 Å². The van der Waals surface area contributed by atoms with Crippen LogP contribution in [-0.2, 0) is 4.74 Å². The molecular formula is C20H24N2O3S. The lowest BCUT2D eigenvalue weighted by molar-refractivity contribution is 0.189. The average molecular weight is 372 g/mol. The number of rotatable bonds is 7. The van der Waals surface area contributed by atoms with E-state index in [0.29, 0.717) is 18.9 Å². The Morgan fingerprint density at radius 3 is 2.65 bits per heavy atom. The third-order valence-electron chi connectivity index (χ3n) is 3.79. The zero-order chi connectivity index (χ0) is 18.9. The van der Waals surface area contributed by atoms with Crippen LogP contribution in [0.3, 0.4) is 0 Å². The van der Waals surface area contributed by atoms with Crippen LogP contribution in [0.1, 0.15) is 18.9 Å². The molecular weight excluding hydrogens is 348 g/mol. The molecule has 0 aliphatic rings. The van der Waals surface area contributed by atoms with Crippen molar-refractivity contribution in [3.63, 3.8) is 0 Å². The average Bonchev–Trinajstić information content (AvgIpc) is 2.63. The predicted molar refractivity (Wildman–Crippen MR) is 109 cm³/mol. The van der Waals surface area contributed by atoms with E-state index < -0.39 is 6.09 Å². The van der Waals surface area contributed by atoms with Crippen LogP contribution in [0.4, 0.5) is 16.2 Å². The molecule has 0 heterocycles. The Balaban J connectivity index is 2.18. The number of nitrogens with one attached hydrogen (secondary N) is 1. The van der Waals surface area contributed by atoms with Crippen molar-refractivity contribution < 1.29 is 14.3 Å². The summed E-state index contributed by atoms with van der Waals surface area (Å²) in [5, 5.41) is 3.12. The number of ether oxygens (including phenoxy) is 2. The van der Waals surface area contributed by atoms with Gasteiger partial charge in [0.25, 0.3) is 0 Å². The second kappa shape index (κ2) is 9.89. The van der Waals surface area contributed by atoms with E-state index in [1.807, 2.05) is 50.2 Å². The Morgan fingerprint density at radius 2 is 1.96 bits per heavy atom. The van der Waals surface area contributed by atoms with Gasteiger partial charge in [-0.15, -0.1) is 0 Å². The van der Waals surface area contributed by atoms with Crippen LogP contribution in [0.2, 0.25) is 0 Å². The number of carbonyl (C=O) groups excluding carboxylic acids is 1. The second-order valence-electron chi connectivity index (χ2n) is 5.73. The van der Waals surface area contributed by atoms with Gasteiger partial charge in [0.05, 0.1) is 23.8 Å². The van der Waals surface area contributed by atoms with Crippen molar-refractivity contribution in [2.75, 3.05) is 30.5 Å². The molecule has 0 aliphatic carbocycles. The molecule has 0 spiro atoms. The van der Waals surface area contributed by atoms with Gasteiger partial charge in [-0.1, -0.05) is 43.4 Å². The summed E-state index contributed by atoms with van der Waals surface area (Å²) in [5.74, 6) is 0.454. The summed E-state index contributed by atoms with van der Waals surface area (Å²) in [6.45, 7) is 4.75. The molecule has 138 valence electrons. The van der Waals surface area contributed by atoms with E-state index in [2.05, 4.69) is 5.32 Å². The van der Waals surface area contributed by atoms with Gasteiger partial charge in [0, 0.05) is 18.9 Å². The number of carbonyl (C=O) groups is 1. The molecule has 2 rings (SSSR count). The van der Waals surface area contributed by atoms with Crippen molar-refractivity contribution in [3.8, 4) is 5.75 Å². The lowest BCUT2D eigenvalue weighted by Gasteiger charge is -2.23. The monoisotopic (exact) mass is 372 g/mol. The van der Waals surface area contributed by atoms with E-state index >= 15 is 0 Å². The number of hydrogen-bond acceptors (Lipinski definition) is 4. The molecule has 0 aliphatic heterocycles. The highest BCUT2D eigenvalue weighted by Gasteiger charge is 2.19. The topological polar surface area (TPSA) is 50.8 Å². The molecule has 0 radical (unpaired) electrons. The number of thiocarbonyl (C=S) groups is 1. The number of benzene rings is 2. The van der Waals surface area contributed by atoms with Crippen molar-refractivity contribution in [2.45, 2.75) is 20.3 Å². The maximum absolute atomic E-state index is 12.8. The first-order valence-electron chi connectivity index (χ1n) is 8.49. The minimum Gasteiger partial charge on any atom is -0.410 e. The number of para-hydroxylation sites is 1. The van der Waals surface area contributed by atoms with E-state index in [0.717, 1.165) is 28.3 Å². The molecule has 0 saturated carbocycles. The van der Waals surface area contributed by atoms with Gasteiger partial charge < -0.3 is 14.8 Å². The maximum atomic E-state index is 12.8. The van der Waals surface area contributed by atoms with Crippen molar-refractivity contribution in [1.29, 1.82) is 0 Å². The van der Waals surface area contributed by atoms with Crippen LogP contribution in [0.5, 0.6) is 5.75 Å². The Bertz CT molecular complexity index is 764. The second-order valence-corrected chi connectivity index (χ2v) is 6.22. The number of hydrogen-bond donors (Lipinski definition) is 1. The Morgan fingerprint density at radius 1 is 1.19 bits per heavy atom. The van der Waals surface area contributed by atoms with Crippen LogP contribution in [0.25, 0.3) is 0 Å². The van der Waals surface area contributed by atoms with Gasteiger partial charge in [-0.3, -0.25) is 4.90 Å². The Kier molecular flexibility index (Phi) is 7.56. The highest BCUT2D eigenvalue weighted by molar-refractivity contribution is 7.80. The zero-order valence-electron chi connectivity index (χ0n) is 15.3. The molecule has 0 fully saturated rings. The van der Waals surface area contributed by atoms with Gasteiger partial charge in [-0.05, 0) is 37.1 Å². The van der Waals surface area contributed by atoms with Gasteiger partial charge in [0.15, 0.2) is 0 Å². The summed E-state index contributed by atoms with van der Waals surface area (Å²) in [6, 6.07) is 14.9. The molecule has 0 unspecified atom stereocenters. The van der Waals surface area contributed by atoms with E-state index in [9.17, 15) is 4.79 Å². The fourth-order valence-electron chi connectivity index (χ4n) is 2.40. The molecule has 26 heavy (non-hydrogen) atoms. The molecule has 0 saturated heterocycles. The number of anilines is 2. The highest BCUT2D eigenvalue weighted by atomic mass is 32.1. The zero-order valence-corrected chi connectivity index (χ0v) is 16.1. The third-order valence-corrected chi connectivity index (χ3v) is 4.18. The first-order chi connectivity index (χ1) is 12.5. The van der Waals surface area contributed by atoms with Crippen LogP contribution in [0.15, 0.2) is 48.5 Å². The number of aryl methyl sites for hydroxylation is 1. The highest BCUT2D eigenvalue weighted by Crippen LogP contribution is 2.23. The standard InChI is InChI=1S/C20H24N2O3S/c1-4-19(26)21-16-9-7-10-17(14-16)25-20(23)22(12-13-24-3)18-11-6-5-8-15(18)2/h5-11,14H,4,12-13H2,1-3H3,(H,21,26). The molecule has 0 aromatic heterocycles. The van der Waals surface area contributed by atoms with Gasteiger partial charge in [-0.2, -0.15) is 0 Å². The molecule has 1 amide bonds. The van der Waals surface area contributed by atoms with E-state index in [1.165, 1.54) is 0 Å². The SMILES string of the molecule is CCC(=S)Nc1cccc(OC(=O)N(CCOC)c2ccccc2C)c1. The predicted octanol–water partition coefficient (Wildman–Crippen LogP) is 4.80. The molecule has 0 bridgehead atoms. The minimum atomic E-state index is -0.452. The Hall–Kier alpha value is -2.44. The molecule has 2 aromatic rings. The summed E-state index contributed by atoms with van der Waals surface area (Å²) in [4.78, 5) is 15.1. The van der Waals surface area contributed by atoms with Gasteiger partial charge >= 0.3 is 6.09 Å². The summed E-state index contributed by atoms with van der Waals surface area (Å²) < 4.78 is 10.7. The Labute approximate surface area is 159 Å². The molecule has 6 heteroatoms. The lowest BCUT2D eigenvalue weighted by Crippen LogP contribution is -2.36. The largest absolute Gasteiger partial charge is 0.419 e. The van der Waals surface area contributed by atoms with Crippen molar-refractivity contribution in [2.24, 2.45) is 0 Å². The molecule has 0 atom stereocenters. The van der Waals surface area contributed by atoms with Gasteiger partial charge in [0.2, 0.25) is 0 Å². The first kappa shape index (κ1) is 19.9. The van der Waals surface area contributed by atoms with Crippen LogP contribution >= 0.6 is 12.2 Å². The summed E-state index contributed by atoms with van der Waals surface area (Å²) >= 11 is 5.19. The van der Waals surface area contributed by atoms with Crippen molar-refractivity contribution in [1.82, 2.24) is 0 Å². The maximum Gasteiger partial charge on any atom is 0.419 e. The van der Waals surface area contributed by atoms with E-state index in [-0.39, 0.29) is 0 Å². The fourth-order valence-corrected chi connectivity index (χ4v) is 2.52. The number of methoxy groups -OCH3 is 1. The van der Waals surface area contributed by atoms with E-state index in [4.69, 9.17) is 21.7 Å². The third kappa shape index (κ3) is 5.54. The van der Waals surface area contributed by atoms with Crippen molar-refractivity contribution >= 4 is 34.7 Å². The fraction of sp³-hybridized carbons (Fsp3) is 0.300. The summed E-state index contributed by atoms with van der Waals surface area (Å²) in [5.41, 5.74) is 2.58.